The summed E-state index contributed by atoms with van der Waals surface area (Å²) in [4.78, 5) is 4.08. The Morgan fingerprint density at radius 2 is 1.82 bits per heavy atom. The lowest BCUT2D eigenvalue weighted by atomic mass is 9.77. The summed E-state index contributed by atoms with van der Waals surface area (Å²) >= 11 is 0. The lowest BCUT2D eigenvalue weighted by Crippen LogP contribution is -2.41. The number of terminal acetylenes is 1. The van der Waals surface area contributed by atoms with Gasteiger partial charge in [-0.1, -0.05) is 5.92 Å². The van der Waals surface area contributed by atoms with E-state index in [-0.39, 0.29) is 11.2 Å². The van der Waals surface area contributed by atoms with E-state index in [1.54, 1.807) is 18.5 Å². The van der Waals surface area contributed by atoms with Crippen molar-refractivity contribution in [3.8, 4) is 12.3 Å². The van der Waals surface area contributed by atoms with Crippen molar-refractivity contribution in [3.05, 3.63) is 24.0 Å². The van der Waals surface area contributed by atoms with Crippen LogP contribution in [-0.4, -0.2) is 23.3 Å². The average Bonchev–Trinajstić information content (AvgIpc) is 2.48. The minimum atomic E-state index is -0.445. The summed E-state index contributed by atoms with van der Waals surface area (Å²) in [6.45, 7) is 8.05. The lowest BCUT2D eigenvalue weighted by Gasteiger charge is -2.32. The van der Waals surface area contributed by atoms with Crippen LogP contribution < -0.4 is 5.46 Å². The molecule has 1 aromatic rings. The third kappa shape index (κ3) is 1.97. The molecule has 2 heterocycles. The quantitative estimate of drug-likeness (QED) is 0.538. The zero-order valence-corrected chi connectivity index (χ0v) is 10.7. The Labute approximate surface area is 103 Å². The Bertz CT molecular complexity index is 461. The zero-order valence-electron chi connectivity index (χ0n) is 10.7. The Morgan fingerprint density at radius 1 is 1.24 bits per heavy atom. The molecular weight excluding hydrogens is 213 g/mol. The zero-order chi connectivity index (χ0) is 12.7. The van der Waals surface area contributed by atoms with E-state index in [1.807, 2.05) is 27.7 Å². The second kappa shape index (κ2) is 3.87. The summed E-state index contributed by atoms with van der Waals surface area (Å²) in [6.07, 6.45) is 8.84. The van der Waals surface area contributed by atoms with Gasteiger partial charge in [-0.2, -0.15) is 0 Å². The maximum absolute atomic E-state index is 5.93. The van der Waals surface area contributed by atoms with Gasteiger partial charge in [0.25, 0.3) is 0 Å². The molecule has 3 nitrogen and oxygen atoms in total. The molecule has 0 bridgehead atoms. The Balaban J connectivity index is 2.36. The molecule has 17 heavy (non-hydrogen) atoms. The summed E-state index contributed by atoms with van der Waals surface area (Å²) in [7, 11) is -0.445. The van der Waals surface area contributed by atoms with Gasteiger partial charge in [0.2, 0.25) is 0 Å². The fourth-order valence-corrected chi connectivity index (χ4v) is 1.70. The molecule has 0 amide bonds. The van der Waals surface area contributed by atoms with Crippen molar-refractivity contribution in [2.45, 2.75) is 38.9 Å². The summed E-state index contributed by atoms with van der Waals surface area (Å²) in [6, 6.07) is 1.79. The molecule has 0 N–H and O–H groups in total. The highest BCUT2D eigenvalue weighted by atomic mass is 16.7. The van der Waals surface area contributed by atoms with E-state index >= 15 is 0 Å². The summed E-state index contributed by atoms with van der Waals surface area (Å²) < 4.78 is 11.9. The van der Waals surface area contributed by atoms with Crippen LogP contribution in [0.1, 0.15) is 33.3 Å². The fraction of sp³-hybridized carbons (Fsp3) is 0.462. The number of rotatable bonds is 1. The van der Waals surface area contributed by atoms with Crippen molar-refractivity contribution in [1.29, 1.82) is 0 Å². The molecule has 1 aliphatic rings. The molecular formula is C13H16BNO2. The Morgan fingerprint density at radius 3 is 2.35 bits per heavy atom. The lowest BCUT2D eigenvalue weighted by molar-refractivity contribution is 0.00578. The van der Waals surface area contributed by atoms with Crippen molar-refractivity contribution in [3.63, 3.8) is 0 Å². The van der Waals surface area contributed by atoms with E-state index in [4.69, 9.17) is 15.7 Å². The molecule has 0 unspecified atom stereocenters. The van der Waals surface area contributed by atoms with E-state index in [0.717, 1.165) is 11.0 Å². The third-order valence-electron chi connectivity index (χ3n) is 3.51. The van der Waals surface area contributed by atoms with E-state index in [9.17, 15) is 0 Å². The van der Waals surface area contributed by atoms with Gasteiger partial charge in [0, 0.05) is 23.4 Å². The van der Waals surface area contributed by atoms with Crippen LogP contribution >= 0.6 is 0 Å². The standard InChI is InChI=1S/C13H16BNO2/c1-6-10-7-8-15-9-11(10)14-16-12(2,3)13(4,5)17-14/h1,7-9H,2-5H3. The molecule has 0 aliphatic carbocycles. The largest absolute Gasteiger partial charge is 0.497 e. The first kappa shape index (κ1) is 12.2. The van der Waals surface area contributed by atoms with Gasteiger partial charge in [0.05, 0.1) is 11.2 Å². The van der Waals surface area contributed by atoms with Gasteiger partial charge in [-0.05, 0) is 33.8 Å². The van der Waals surface area contributed by atoms with Crippen LogP contribution in [0.2, 0.25) is 0 Å². The van der Waals surface area contributed by atoms with Crippen LogP contribution in [0.5, 0.6) is 0 Å². The molecule has 1 aromatic heterocycles. The maximum atomic E-state index is 5.93. The number of hydrogen-bond acceptors (Lipinski definition) is 3. The SMILES string of the molecule is C#Cc1ccncc1B1OC(C)(C)C(C)(C)O1. The van der Waals surface area contributed by atoms with Gasteiger partial charge in [0.1, 0.15) is 0 Å². The highest BCUT2D eigenvalue weighted by molar-refractivity contribution is 6.62. The fourth-order valence-electron chi connectivity index (χ4n) is 1.70. The summed E-state index contributed by atoms with van der Waals surface area (Å²) in [5.74, 6) is 2.63. The highest BCUT2D eigenvalue weighted by Crippen LogP contribution is 2.36. The van der Waals surface area contributed by atoms with Gasteiger partial charge in [0.15, 0.2) is 0 Å². The van der Waals surface area contributed by atoms with Crippen molar-refractivity contribution < 1.29 is 9.31 Å². The minimum absolute atomic E-state index is 0.362. The van der Waals surface area contributed by atoms with Gasteiger partial charge in [-0.25, -0.2) is 0 Å². The maximum Gasteiger partial charge on any atom is 0.497 e. The molecule has 0 saturated carbocycles. The van der Waals surface area contributed by atoms with E-state index in [0.29, 0.717) is 0 Å². The minimum Gasteiger partial charge on any atom is -0.399 e. The molecule has 4 heteroatoms. The Kier molecular flexibility index (Phi) is 2.77. The average molecular weight is 229 g/mol. The van der Waals surface area contributed by atoms with Crippen LogP contribution in [-0.2, 0) is 9.31 Å². The molecule has 1 aliphatic heterocycles. The number of pyridine rings is 1. The predicted molar refractivity (Wildman–Crippen MR) is 67.9 cm³/mol. The van der Waals surface area contributed by atoms with Crippen molar-refractivity contribution >= 4 is 12.6 Å². The third-order valence-corrected chi connectivity index (χ3v) is 3.51. The van der Waals surface area contributed by atoms with Gasteiger partial charge in [-0.3, -0.25) is 4.98 Å². The topological polar surface area (TPSA) is 31.4 Å². The number of nitrogens with zero attached hydrogens (tertiary/aromatic N) is 1. The Hall–Kier alpha value is -1.31. The molecule has 2 rings (SSSR count). The van der Waals surface area contributed by atoms with Crippen molar-refractivity contribution in [2.24, 2.45) is 0 Å². The first-order chi connectivity index (χ1) is 7.87. The van der Waals surface area contributed by atoms with Crippen molar-refractivity contribution in [1.82, 2.24) is 4.98 Å². The molecule has 0 atom stereocenters. The second-order valence-electron chi connectivity index (χ2n) is 5.20. The summed E-state index contributed by atoms with van der Waals surface area (Å²) in [5, 5.41) is 0. The molecule has 0 aromatic carbocycles. The van der Waals surface area contributed by atoms with Gasteiger partial charge >= 0.3 is 7.12 Å². The first-order valence-electron chi connectivity index (χ1n) is 5.63. The summed E-state index contributed by atoms with van der Waals surface area (Å²) in [5.41, 5.74) is 0.853. The van der Waals surface area contributed by atoms with Gasteiger partial charge in [-0.15, -0.1) is 6.42 Å². The normalized spacial score (nSPS) is 21.2. The highest BCUT2D eigenvalue weighted by Gasteiger charge is 2.52. The monoisotopic (exact) mass is 229 g/mol. The molecule has 1 saturated heterocycles. The smallest absolute Gasteiger partial charge is 0.399 e. The van der Waals surface area contributed by atoms with Crippen LogP contribution in [0.25, 0.3) is 0 Å². The van der Waals surface area contributed by atoms with Crippen LogP contribution in [0, 0.1) is 12.3 Å². The molecule has 0 spiro atoms. The number of aromatic nitrogens is 1. The van der Waals surface area contributed by atoms with E-state index in [1.165, 1.54) is 0 Å². The molecule has 1 fully saturated rings. The second-order valence-corrected chi connectivity index (χ2v) is 5.20. The van der Waals surface area contributed by atoms with Gasteiger partial charge < -0.3 is 9.31 Å². The van der Waals surface area contributed by atoms with E-state index < -0.39 is 7.12 Å². The first-order valence-corrected chi connectivity index (χ1v) is 5.63. The number of hydrogen-bond donors (Lipinski definition) is 0. The predicted octanol–water partition coefficient (Wildman–Crippen LogP) is 1.36. The van der Waals surface area contributed by atoms with Crippen LogP contribution in [0.4, 0.5) is 0 Å². The van der Waals surface area contributed by atoms with E-state index in [2.05, 4.69) is 10.9 Å². The van der Waals surface area contributed by atoms with Crippen LogP contribution in [0.3, 0.4) is 0 Å². The van der Waals surface area contributed by atoms with Crippen molar-refractivity contribution in [2.75, 3.05) is 0 Å². The molecule has 88 valence electrons. The van der Waals surface area contributed by atoms with Crippen LogP contribution in [0.15, 0.2) is 18.5 Å². The molecule has 0 radical (unpaired) electrons.